The van der Waals surface area contributed by atoms with Crippen molar-refractivity contribution in [3.8, 4) is 0 Å². The van der Waals surface area contributed by atoms with E-state index in [1.165, 1.54) is 22.3 Å². The van der Waals surface area contributed by atoms with E-state index >= 15 is 0 Å². The molecule has 1 heterocycles. The minimum absolute atomic E-state index is 0.177. The van der Waals surface area contributed by atoms with Gasteiger partial charge in [-0.05, 0) is 37.5 Å². The van der Waals surface area contributed by atoms with Crippen molar-refractivity contribution < 1.29 is 0 Å². The number of hydrogen-bond acceptors (Lipinski definition) is 1. The van der Waals surface area contributed by atoms with Crippen LogP contribution in [0.25, 0.3) is 0 Å². The zero-order valence-corrected chi connectivity index (χ0v) is 14.1. The van der Waals surface area contributed by atoms with Crippen molar-refractivity contribution in [1.29, 1.82) is 0 Å². The number of alkyl halides is 3. The van der Waals surface area contributed by atoms with Crippen molar-refractivity contribution in [3.63, 3.8) is 0 Å². The van der Waals surface area contributed by atoms with Crippen LogP contribution in [0.4, 0.5) is 0 Å². The first kappa shape index (κ1) is 15.8. The molecule has 4 heteroatoms. The minimum Gasteiger partial charge on any atom is -0.350 e. The molecule has 1 aliphatic heterocycles. The second kappa shape index (κ2) is 6.01. The second-order valence-electron chi connectivity index (χ2n) is 5.30. The van der Waals surface area contributed by atoms with Crippen molar-refractivity contribution in [3.05, 3.63) is 58.9 Å². The van der Waals surface area contributed by atoms with Crippen molar-refractivity contribution in [1.82, 2.24) is 4.90 Å². The summed E-state index contributed by atoms with van der Waals surface area (Å²) in [5.74, 6) is -0.177. The van der Waals surface area contributed by atoms with Gasteiger partial charge >= 0.3 is 0 Å². The largest absolute Gasteiger partial charge is 0.350 e. The molecule has 0 saturated heterocycles. The van der Waals surface area contributed by atoms with Crippen LogP contribution in [0.5, 0.6) is 0 Å². The van der Waals surface area contributed by atoms with Gasteiger partial charge in [-0.2, -0.15) is 0 Å². The van der Waals surface area contributed by atoms with Gasteiger partial charge in [0.05, 0.1) is 0 Å². The number of allylic oxidation sites excluding steroid dienone is 2. The SMILES string of the molecule is Cc1cc(C)c(CN2C=CC(C(Cl)(Cl)Cl)C=C2)c(C)c1. The summed E-state index contributed by atoms with van der Waals surface area (Å²) >= 11 is 17.7. The van der Waals surface area contributed by atoms with E-state index in [0.29, 0.717) is 0 Å². The third-order valence-electron chi connectivity index (χ3n) is 3.53. The summed E-state index contributed by atoms with van der Waals surface area (Å²) in [6.07, 6.45) is 7.80. The van der Waals surface area contributed by atoms with E-state index in [2.05, 4.69) is 37.8 Å². The lowest BCUT2D eigenvalue weighted by molar-refractivity contribution is 0.479. The highest BCUT2D eigenvalue weighted by Gasteiger charge is 2.29. The van der Waals surface area contributed by atoms with Gasteiger partial charge in [-0.3, -0.25) is 0 Å². The summed E-state index contributed by atoms with van der Waals surface area (Å²) in [5, 5.41) is 0. The molecule has 0 saturated carbocycles. The van der Waals surface area contributed by atoms with Crippen LogP contribution in [0.15, 0.2) is 36.7 Å². The van der Waals surface area contributed by atoms with Crippen LogP contribution >= 0.6 is 34.8 Å². The van der Waals surface area contributed by atoms with Crippen LogP contribution in [0, 0.1) is 26.7 Å². The zero-order valence-electron chi connectivity index (χ0n) is 11.8. The predicted octanol–water partition coefficient (Wildman–Crippen LogP) is 5.44. The molecule has 108 valence electrons. The van der Waals surface area contributed by atoms with Crippen molar-refractivity contribution >= 4 is 34.8 Å². The molecule has 0 spiro atoms. The second-order valence-corrected chi connectivity index (χ2v) is 7.67. The minimum atomic E-state index is -1.28. The van der Waals surface area contributed by atoms with Crippen LogP contribution in [0.1, 0.15) is 22.3 Å². The summed E-state index contributed by atoms with van der Waals surface area (Å²) in [6.45, 7) is 7.25. The van der Waals surface area contributed by atoms with Gasteiger partial charge in [0, 0.05) is 24.9 Å². The van der Waals surface area contributed by atoms with Crippen LogP contribution in [0.2, 0.25) is 0 Å². The van der Waals surface area contributed by atoms with E-state index in [-0.39, 0.29) is 5.92 Å². The number of halogens is 3. The Morgan fingerprint density at radius 3 is 1.95 bits per heavy atom. The zero-order chi connectivity index (χ0) is 14.9. The third-order valence-corrected chi connectivity index (χ3v) is 4.28. The molecule has 0 radical (unpaired) electrons. The fourth-order valence-electron chi connectivity index (χ4n) is 2.49. The summed E-state index contributed by atoms with van der Waals surface area (Å²) in [6, 6.07) is 4.42. The molecule has 1 nitrogen and oxygen atoms in total. The number of nitrogens with zero attached hydrogens (tertiary/aromatic N) is 1. The Hall–Kier alpha value is -0.630. The molecule has 1 aromatic rings. The number of hydrogen-bond donors (Lipinski definition) is 0. The van der Waals surface area contributed by atoms with Gasteiger partial charge < -0.3 is 4.90 Å². The Labute approximate surface area is 135 Å². The highest BCUT2D eigenvalue weighted by atomic mass is 35.6. The fraction of sp³-hybridized carbons (Fsp3) is 0.375. The van der Waals surface area contributed by atoms with E-state index < -0.39 is 3.79 Å². The van der Waals surface area contributed by atoms with Crippen LogP contribution in [0.3, 0.4) is 0 Å². The lowest BCUT2D eigenvalue weighted by Gasteiger charge is -2.26. The lowest BCUT2D eigenvalue weighted by atomic mass is 9.99. The average molecular weight is 331 g/mol. The maximum Gasteiger partial charge on any atom is 0.200 e. The normalized spacial score (nSPS) is 16.0. The van der Waals surface area contributed by atoms with Crippen LogP contribution in [-0.4, -0.2) is 8.69 Å². The molecule has 20 heavy (non-hydrogen) atoms. The molecule has 0 bridgehead atoms. The molecular weight excluding hydrogens is 313 g/mol. The Bertz CT molecular complexity index is 518. The van der Waals surface area contributed by atoms with E-state index in [4.69, 9.17) is 34.8 Å². The van der Waals surface area contributed by atoms with E-state index in [9.17, 15) is 0 Å². The van der Waals surface area contributed by atoms with Gasteiger partial charge in [-0.15, -0.1) is 0 Å². The first-order valence-corrected chi connectivity index (χ1v) is 7.66. The average Bonchev–Trinajstić information content (AvgIpc) is 2.33. The third kappa shape index (κ3) is 3.72. The van der Waals surface area contributed by atoms with E-state index in [0.717, 1.165) is 6.54 Å². The molecule has 1 aromatic carbocycles. The summed E-state index contributed by atoms with van der Waals surface area (Å²) in [5.41, 5.74) is 5.27. The topological polar surface area (TPSA) is 3.24 Å². The van der Waals surface area contributed by atoms with Gasteiger partial charge in [0.15, 0.2) is 3.79 Å². The highest BCUT2D eigenvalue weighted by molar-refractivity contribution is 6.67. The van der Waals surface area contributed by atoms with Crippen molar-refractivity contribution in [2.24, 2.45) is 5.92 Å². The first-order valence-electron chi connectivity index (χ1n) is 6.53. The molecule has 0 fully saturated rings. The van der Waals surface area contributed by atoms with Crippen molar-refractivity contribution in [2.45, 2.75) is 31.1 Å². The monoisotopic (exact) mass is 329 g/mol. The van der Waals surface area contributed by atoms with Crippen LogP contribution < -0.4 is 0 Å². The summed E-state index contributed by atoms with van der Waals surface area (Å²) in [4.78, 5) is 2.11. The fourth-order valence-corrected chi connectivity index (χ4v) is 2.92. The number of rotatable bonds is 2. The Balaban J connectivity index is 2.13. The number of benzene rings is 1. The predicted molar refractivity (Wildman–Crippen MR) is 88.3 cm³/mol. The van der Waals surface area contributed by atoms with Gasteiger partial charge in [0.2, 0.25) is 0 Å². The number of aryl methyl sites for hydroxylation is 3. The molecule has 2 rings (SSSR count). The summed E-state index contributed by atoms with van der Waals surface area (Å²) in [7, 11) is 0. The van der Waals surface area contributed by atoms with Crippen molar-refractivity contribution in [2.75, 3.05) is 0 Å². The molecule has 0 N–H and O–H groups in total. The Morgan fingerprint density at radius 1 is 1.00 bits per heavy atom. The summed E-state index contributed by atoms with van der Waals surface area (Å²) < 4.78 is -1.28. The van der Waals surface area contributed by atoms with Crippen LogP contribution in [-0.2, 0) is 6.54 Å². The smallest absolute Gasteiger partial charge is 0.200 e. The lowest BCUT2D eigenvalue weighted by Crippen LogP contribution is -2.21. The van der Waals surface area contributed by atoms with E-state index in [1.54, 1.807) is 0 Å². The first-order chi connectivity index (χ1) is 9.27. The van der Waals surface area contributed by atoms with E-state index in [1.807, 2.05) is 24.6 Å². The molecule has 1 aliphatic rings. The van der Waals surface area contributed by atoms with Gasteiger partial charge in [0.25, 0.3) is 0 Å². The Morgan fingerprint density at radius 2 is 1.50 bits per heavy atom. The molecule has 0 atom stereocenters. The highest BCUT2D eigenvalue weighted by Crippen LogP contribution is 2.38. The maximum absolute atomic E-state index is 5.90. The van der Waals surface area contributed by atoms with Gasteiger partial charge in [0.1, 0.15) is 0 Å². The Kier molecular flexibility index (Phi) is 4.73. The molecule has 0 amide bonds. The maximum atomic E-state index is 5.90. The standard InChI is InChI=1S/C16H18Cl3N/c1-11-8-12(2)15(13(3)9-11)10-20-6-4-14(5-7-20)16(17,18)19/h4-9,14H,10H2,1-3H3. The molecule has 0 aromatic heterocycles. The molecule has 0 aliphatic carbocycles. The molecule has 0 unspecified atom stereocenters. The van der Waals surface area contributed by atoms with Gasteiger partial charge in [-0.25, -0.2) is 0 Å². The van der Waals surface area contributed by atoms with Gasteiger partial charge in [-0.1, -0.05) is 64.7 Å². The molecular formula is C16H18Cl3N. The quantitative estimate of drug-likeness (QED) is 0.652.